The first-order chi connectivity index (χ1) is 13.0. The van der Waals surface area contributed by atoms with Crippen molar-refractivity contribution in [2.75, 3.05) is 0 Å². The zero-order valence-corrected chi connectivity index (χ0v) is 16.0. The summed E-state index contributed by atoms with van der Waals surface area (Å²) in [5, 5.41) is 8.22. The molecule has 0 radical (unpaired) electrons. The average molecular weight is 438 g/mol. The van der Waals surface area contributed by atoms with Gasteiger partial charge in [0.15, 0.2) is 16.7 Å². The van der Waals surface area contributed by atoms with Gasteiger partial charge in [-0.1, -0.05) is 30.0 Å². The molecular weight excluding hydrogens is 426 g/mol. The van der Waals surface area contributed by atoms with Gasteiger partial charge in [0.25, 0.3) is 0 Å². The van der Waals surface area contributed by atoms with Gasteiger partial charge in [-0.25, -0.2) is 4.98 Å². The van der Waals surface area contributed by atoms with Gasteiger partial charge in [-0.15, -0.1) is 21.5 Å². The van der Waals surface area contributed by atoms with Crippen LogP contribution >= 0.6 is 23.1 Å². The van der Waals surface area contributed by atoms with Crippen LogP contribution in [0.25, 0.3) is 10.7 Å². The molecule has 0 aliphatic rings. The second-order valence-electron chi connectivity index (χ2n) is 5.76. The first-order valence-corrected chi connectivity index (χ1v) is 9.50. The van der Waals surface area contributed by atoms with Crippen molar-refractivity contribution in [3.05, 3.63) is 46.1 Å². The van der Waals surface area contributed by atoms with E-state index in [9.17, 15) is 26.3 Å². The zero-order chi connectivity index (χ0) is 20.7. The van der Waals surface area contributed by atoms with Crippen LogP contribution in [0.15, 0.2) is 29.4 Å². The fraction of sp³-hybridized carbons (Fsp3) is 0.312. The van der Waals surface area contributed by atoms with Gasteiger partial charge in [-0.3, -0.25) is 0 Å². The predicted molar refractivity (Wildman–Crippen MR) is 92.9 cm³/mol. The van der Waals surface area contributed by atoms with Crippen LogP contribution in [0.5, 0.6) is 0 Å². The van der Waals surface area contributed by atoms with Crippen LogP contribution in [-0.2, 0) is 25.2 Å². The number of rotatable bonds is 4. The van der Waals surface area contributed by atoms with Gasteiger partial charge >= 0.3 is 12.4 Å². The Kier molecular flexibility index (Phi) is 5.45. The summed E-state index contributed by atoms with van der Waals surface area (Å²) in [5.74, 6) is 0.161. The maximum atomic E-state index is 13.2. The minimum Gasteiger partial charge on any atom is -0.304 e. The number of halogens is 6. The molecule has 3 rings (SSSR count). The van der Waals surface area contributed by atoms with Crippen molar-refractivity contribution >= 4 is 23.1 Å². The van der Waals surface area contributed by atoms with Gasteiger partial charge in [0.05, 0.1) is 10.6 Å². The highest BCUT2D eigenvalue weighted by Crippen LogP contribution is 2.40. The van der Waals surface area contributed by atoms with Gasteiger partial charge in [0.2, 0.25) is 0 Å². The molecule has 3 aromatic rings. The van der Waals surface area contributed by atoms with Gasteiger partial charge in [0.1, 0.15) is 4.88 Å². The Morgan fingerprint density at radius 1 is 1.07 bits per heavy atom. The summed E-state index contributed by atoms with van der Waals surface area (Å²) in [6.45, 7) is 1.46. The normalized spacial score (nSPS) is 12.6. The zero-order valence-electron chi connectivity index (χ0n) is 14.4. The summed E-state index contributed by atoms with van der Waals surface area (Å²) in [5.41, 5.74) is -1.38. The quantitative estimate of drug-likeness (QED) is 0.394. The largest absolute Gasteiger partial charge is 0.434 e. The highest BCUT2D eigenvalue weighted by Gasteiger charge is 2.39. The van der Waals surface area contributed by atoms with E-state index in [1.54, 1.807) is 0 Å². The lowest BCUT2D eigenvalue weighted by Gasteiger charge is -2.09. The molecule has 1 aromatic carbocycles. The summed E-state index contributed by atoms with van der Waals surface area (Å²) in [4.78, 5) is 3.39. The molecule has 0 saturated carbocycles. The Hall–Kier alpha value is -2.08. The van der Waals surface area contributed by atoms with Crippen LogP contribution in [0, 0.1) is 6.92 Å². The Morgan fingerprint density at radius 3 is 2.43 bits per heavy atom. The van der Waals surface area contributed by atoms with Crippen molar-refractivity contribution in [2.45, 2.75) is 30.2 Å². The highest BCUT2D eigenvalue weighted by molar-refractivity contribution is 7.98. The number of thiazole rings is 1. The molecule has 0 N–H and O–H groups in total. The van der Waals surface area contributed by atoms with Gasteiger partial charge in [-0.2, -0.15) is 26.3 Å². The topological polar surface area (TPSA) is 43.6 Å². The second-order valence-corrected chi connectivity index (χ2v) is 7.91. The van der Waals surface area contributed by atoms with Crippen molar-refractivity contribution < 1.29 is 26.3 Å². The lowest BCUT2D eigenvalue weighted by Crippen LogP contribution is -2.08. The van der Waals surface area contributed by atoms with Crippen LogP contribution < -0.4 is 0 Å². The third kappa shape index (κ3) is 4.32. The Morgan fingerprint density at radius 2 is 1.79 bits per heavy atom. The van der Waals surface area contributed by atoms with E-state index in [2.05, 4.69) is 15.2 Å². The number of aryl methyl sites for hydroxylation is 1. The highest BCUT2D eigenvalue weighted by atomic mass is 32.2. The standard InChI is InChI=1S/C16H12F6N4S2/c1-8-23-12(16(20,21)22)11(28-8)13-24-25-14(26(13)2)27-7-9-4-3-5-10(6-9)15(17,18)19/h3-6H,7H2,1-2H3. The van der Waals surface area contributed by atoms with E-state index >= 15 is 0 Å². The number of alkyl halides is 6. The molecule has 0 aliphatic heterocycles. The smallest absolute Gasteiger partial charge is 0.304 e. The Labute approximate surface area is 163 Å². The molecule has 150 valence electrons. The second kappa shape index (κ2) is 7.39. The van der Waals surface area contributed by atoms with E-state index in [1.807, 2.05) is 0 Å². The molecule has 0 unspecified atom stereocenters. The molecule has 28 heavy (non-hydrogen) atoms. The summed E-state index contributed by atoms with van der Waals surface area (Å²) in [6, 6.07) is 4.84. The SMILES string of the molecule is Cc1nc(C(F)(F)F)c(-c2nnc(SCc3cccc(C(F)(F)F)c3)n2C)s1. The lowest BCUT2D eigenvalue weighted by atomic mass is 10.1. The summed E-state index contributed by atoms with van der Waals surface area (Å²) in [6.07, 6.45) is -9.08. The maximum Gasteiger partial charge on any atom is 0.434 e. The molecule has 0 bridgehead atoms. The third-order valence-corrected chi connectivity index (χ3v) is 5.72. The molecule has 0 atom stereocenters. The molecule has 0 aliphatic carbocycles. The number of hydrogen-bond acceptors (Lipinski definition) is 5. The Balaban J connectivity index is 1.84. The van der Waals surface area contributed by atoms with Gasteiger partial charge in [-0.05, 0) is 18.6 Å². The molecule has 0 amide bonds. The fourth-order valence-corrected chi connectivity index (χ4v) is 4.21. The van der Waals surface area contributed by atoms with E-state index in [-0.39, 0.29) is 26.6 Å². The molecule has 4 nitrogen and oxygen atoms in total. The van der Waals surface area contributed by atoms with Crippen molar-refractivity contribution in [3.63, 3.8) is 0 Å². The van der Waals surface area contributed by atoms with E-state index in [0.717, 1.165) is 35.2 Å². The van der Waals surface area contributed by atoms with Crippen LogP contribution in [-0.4, -0.2) is 19.7 Å². The van der Waals surface area contributed by atoms with E-state index in [0.29, 0.717) is 5.56 Å². The minimum absolute atomic E-state index is 0.00414. The van der Waals surface area contributed by atoms with Gasteiger partial charge < -0.3 is 4.57 Å². The van der Waals surface area contributed by atoms with Crippen LogP contribution in [0.3, 0.4) is 0 Å². The van der Waals surface area contributed by atoms with E-state index < -0.39 is 23.6 Å². The molecule has 0 fully saturated rings. The molecule has 12 heteroatoms. The molecule has 0 saturated heterocycles. The minimum atomic E-state index is -4.63. The molecular formula is C16H12F6N4S2. The monoisotopic (exact) mass is 438 g/mol. The van der Waals surface area contributed by atoms with Crippen LogP contribution in [0.1, 0.15) is 21.8 Å². The average Bonchev–Trinajstić information content (AvgIpc) is 3.15. The number of nitrogens with zero attached hydrogens (tertiary/aromatic N) is 4. The molecule has 0 spiro atoms. The number of benzene rings is 1. The maximum absolute atomic E-state index is 13.2. The first-order valence-electron chi connectivity index (χ1n) is 7.70. The number of hydrogen-bond donors (Lipinski definition) is 0. The Bertz CT molecular complexity index is 990. The van der Waals surface area contributed by atoms with E-state index in [1.165, 1.54) is 30.7 Å². The van der Waals surface area contributed by atoms with Crippen molar-refractivity contribution in [2.24, 2.45) is 7.05 Å². The van der Waals surface area contributed by atoms with Crippen molar-refractivity contribution in [3.8, 4) is 10.7 Å². The fourth-order valence-electron chi connectivity index (χ4n) is 2.39. The van der Waals surface area contributed by atoms with Crippen LogP contribution in [0.2, 0.25) is 0 Å². The molecule has 2 heterocycles. The molecule has 2 aromatic heterocycles. The third-order valence-electron chi connectivity index (χ3n) is 3.66. The summed E-state index contributed by atoms with van der Waals surface area (Å²) < 4.78 is 79.3. The first kappa shape index (κ1) is 20.6. The predicted octanol–water partition coefficient (Wildman–Crippen LogP) is 5.58. The lowest BCUT2D eigenvalue weighted by molar-refractivity contribution is -0.140. The number of aromatic nitrogens is 4. The van der Waals surface area contributed by atoms with Gasteiger partial charge in [0, 0.05) is 12.8 Å². The summed E-state index contributed by atoms with van der Waals surface area (Å²) in [7, 11) is 1.50. The van der Waals surface area contributed by atoms with Crippen LogP contribution in [0.4, 0.5) is 26.3 Å². The summed E-state index contributed by atoms with van der Waals surface area (Å²) >= 11 is 1.93. The van der Waals surface area contributed by atoms with Crippen molar-refractivity contribution in [1.82, 2.24) is 19.7 Å². The van der Waals surface area contributed by atoms with Crippen molar-refractivity contribution in [1.29, 1.82) is 0 Å². The number of thioether (sulfide) groups is 1. The van der Waals surface area contributed by atoms with E-state index in [4.69, 9.17) is 0 Å².